The minimum absolute atomic E-state index is 0.0273. The fourth-order valence-electron chi connectivity index (χ4n) is 5.13. The van der Waals surface area contributed by atoms with Crippen LogP contribution in [0.3, 0.4) is 0 Å². The second-order valence-electron chi connectivity index (χ2n) is 9.36. The van der Waals surface area contributed by atoms with E-state index in [1.165, 1.54) is 15.8 Å². The lowest BCUT2D eigenvalue weighted by molar-refractivity contribution is 0.0709. The first-order chi connectivity index (χ1) is 17.0. The van der Waals surface area contributed by atoms with Crippen molar-refractivity contribution in [3.05, 3.63) is 76.0 Å². The normalized spacial score (nSPS) is 16.4. The molecule has 1 atom stereocenters. The summed E-state index contributed by atoms with van der Waals surface area (Å²) in [5.74, 6) is 0.0273. The van der Waals surface area contributed by atoms with Gasteiger partial charge in [0.15, 0.2) is 0 Å². The van der Waals surface area contributed by atoms with Gasteiger partial charge in [-0.05, 0) is 51.0 Å². The van der Waals surface area contributed by atoms with Crippen LogP contribution in [0.4, 0.5) is 0 Å². The molecule has 35 heavy (non-hydrogen) atoms. The van der Waals surface area contributed by atoms with Gasteiger partial charge in [-0.1, -0.05) is 18.2 Å². The molecule has 0 saturated carbocycles. The van der Waals surface area contributed by atoms with Gasteiger partial charge in [0.2, 0.25) is 0 Å². The Balaban J connectivity index is 1.43. The van der Waals surface area contributed by atoms with Crippen LogP contribution >= 0.6 is 11.3 Å². The molecule has 5 heterocycles. The Morgan fingerprint density at radius 3 is 2.86 bits per heavy atom. The molecule has 1 aliphatic heterocycles. The van der Waals surface area contributed by atoms with Gasteiger partial charge in [-0.3, -0.25) is 4.79 Å². The van der Waals surface area contributed by atoms with Crippen LogP contribution in [0.1, 0.15) is 38.8 Å². The number of hydrogen-bond donors (Lipinski definition) is 1. The highest BCUT2D eigenvalue weighted by Crippen LogP contribution is 2.32. The van der Waals surface area contributed by atoms with Crippen LogP contribution in [0.25, 0.3) is 27.9 Å². The number of hydrogen-bond acceptors (Lipinski definition) is 5. The largest absolute Gasteiger partial charge is 0.337 e. The van der Waals surface area contributed by atoms with Crippen molar-refractivity contribution in [2.45, 2.75) is 39.3 Å². The Kier molecular flexibility index (Phi) is 5.42. The number of nitrogens with zero attached hydrogens (tertiary/aromatic N) is 5. The zero-order valence-electron chi connectivity index (χ0n) is 19.9. The zero-order valence-corrected chi connectivity index (χ0v) is 20.8. The number of likely N-dealkylation sites (tertiary alicyclic amines) is 1. The molecule has 0 radical (unpaired) electrons. The summed E-state index contributed by atoms with van der Waals surface area (Å²) in [6.45, 7) is 6.22. The first-order valence-corrected chi connectivity index (χ1v) is 12.8. The predicted molar refractivity (Wildman–Crippen MR) is 140 cm³/mol. The van der Waals surface area contributed by atoms with Crippen molar-refractivity contribution in [1.82, 2.24) is 23.8 Å². The second-order valence-corrected chi connectivity index (χ2v) is 10.7. The minimum atomic E-state index is 0.0273. The quantitative estimate of drug-likeness (QED) is 0.403. The first kappa shape index (κ1) is 22.0. The van der Waals surface area contributed by atoms with Gasteiger partial charge >= 0.3 is 0 Å². The molecule has 0 bridgehead atoms. The highest BCUT2D eigenvalue weighted by Gasteiger charge is 2.24. The standard InChI is InChI=1S/C27H28N6OS/c1-17-26(24-12-19-6-3-4-8-23(19)33(24)16-22-14-29-18(2)35-22)30-25-13-20(9-11-32(17)25)27(34)31-10-5-7-21(28)15-31/h3-4,6,8-9,11-14,21H,5,7,10,15-16,28H2,1-2H3/t21-/m1/s1. The first-order valence-electron chi connectivity index (χ1n) is 12.0. The number of carbonyl (C=O) groups excluding carboxylic acids is 1. The molecule has 6 rings (SSSR count). The zero-order chi connectivity index (χ0) is 24.1. The Labute approximate surface area is 207 Å². The number of imidazole rings is 1. The van der Waals surface area contributed by atoms with Gasteiger partial charge in [-0.25, -0.2) is 9.97 Å². The van der Waals surface area contributed by atoms with Gasteiger partial charge in [0.1, 0.15) is 11.3 Å². The molecule has 0 spiro atoms. The van der Waals surface area contributed by atoms with E-state index in [2.05, 4.69) is 51.2 Å². The molecule has 1 amide bonds. The van der Waals surface area contributed by atoms with Crippen LogP contribution in [0, 0.1) is 13.8 Å². The topological polar surface area (TPSA) is 81.5 Å². The van der Waals surface area contributed by atoms with Crippen molar-refractivity contribution in [1.29, 1.82) is 0 Å². The molecule has 1 saturated heterocycles. The predicted octanol–water partition coefficient (Wildman–Crippen LogP) is 4.64. The number of benzene rings is 1. The number of amides is 1. The van der Waals surface area contributed by atoms with Crippen LogP contribution in [0.2, 0.25) is 0 Å². The summed E-state index contributed by atoms with van der Waals surface area (Å²) in [4.78, 5) is 25.7. The number of fused-ring (bicyclic) bond motifs is 2. The van der Waals surface area contributed by atoms with Gasteiger partial charge in [-0.15, -0.1) is 11.3 Å². The smallest absolute Gasteiger partial charge is 0.254 e. The van der Waals surface area contributed by atoms with E-state index in [9.17, 15) is 4.79 Å². The Bertz CT molecular complexity index is 1560. The average molecular weight is 485 g/mol. The maximum absolute atomic E-state index is 13.2. The SMILES string of the molecule is Cc1ncc(Cn2c(-c3nc4cc(C(=O)N5CCC[C@@H](N)C5)ccn4c3C)cc3ccccc32)s1. The van der Waals surface area contributed by atoms with Crippen molar-refractivity contribution in [2.75, 3.05) is 13.1 Å². The number of rotatable bonds is 4. The van der Waals surface area contributed by atoms with Crippen molar-refractivity contribution in [3.8, 4) is 11.4 Å². The molecule has 4 aromatic heterocycles. The molecular weight excluding hydrogens is 456 g/mol. The molecule has 1 aliphatic rings. The third kappa shape index (κ3) is 3.92. The fraction of sp³-hybridized carbons (Fsp3) is 0.296. The number of nitrogens with two attached hydrogens (primary N) is 1. The minimum Gasteiger partial charge on any atom is -0.337 e. The monoisotopic (exact) mass is 484 g/mol. The number of aromatic nitrogens is 4. The van der Waals surface area contributed by atoms with Crippen LogP contribution in [0.5, 0.6) is 0 Å². The third-order valence-corrected chi connectivity index (χ3v) is 7.79. The molecule has 1 fully saturated rings. The number of carbonyl (C=O) groups is 1. The van der Waals surface area contributed by atoms with E-state index in [4.69, 9.17) is 10.7 Å². The van der Waals surface area contributed by atoms with E-state index < -0.39 is 0 Å². The maximum Gasteiger partial charge on any atom is 0.254 e. The van der Waals surface area contributed by atoms with Crippen molar-refractivity contribution in [2.24, 2.45) is 5.73 Å². The molecule has 5 aromatic rings. The fourth-order valence-corrected chi connectivity index (χ4v) is 5.92. The van der Waals surface area contributed by atoms with Crippen LogP contribution in [-0.4, -0.2) is 48.9 Å². The molecular formula is C27H28N6OS. The van der Waals surface area contributed by atoms with Crippen LogP contribution in [0.15, 0.2) is 54.9 Å². The van der Waals surface area contributed by atoms with Gasteiger partial charge < -0.3 is 19.6 Å². The molecule has 0 aliphatic carbocycles. The van der Waals surface area contributed by atoms with Crippen molar-refractivity contribution in [3.63, 3.8) is 0 Å². The number of thiazole rings is 1. The van der Waals surface area contributed by atoms with Crippen LogP contribution in [-0.2, 0) is 6.54 Å². The van der Waals surface area contributed by atoms with E-state index >= 15 is 0 Å². The summed E-state index contributed by atoms with van der Waals surface area (Å²) in [7, 11) is 0. The summed E-state index contributed by atoms with van der Waals surface area (Å²) in [6.07, 6.45) is 5.84. The average Bonchev–Trinajstić information content (AvgIpc) is 3.54. The lowest BCUT2D eigenvalue weighted by Crippen LogP contribution is -2.45. The second kappa shape index (κ2) is 8.62. The Hall–Kier alpha value is -3.49. The summed E-state index contributed by atoms with van der Waals surface area (Å²) >= 11 is 1.72. The van der Waals surface area contributed by atoms with Crippen molar-refractivity contribution < 1.29 is 4.79 Å². The lowest BCUT2D eigenvalue weighted by Gasteiger charge is -2.30. The summed E-state index contributed by atoms with van der Waals surface area (Å²) < 4.78 is 4.38. The van der Waals surface area contributed by atoms with Gasteiger partial charge in [0, 0.05) is 58.6 Å². The highest BCUT2D eigenvalue weighted by atomic mass is 32.1. The van der Waals surface area contributed by atoms with Gasteiger partial charge in [0.05, 0.1) is 17.2 Å². The van der Waals surface area contributed by atoms with E-state index in [1.54, 1.807) is 11.3 Å². The molecule has 0 unspecified atom stereocenters. The molecule has 178 valence electrons. The van der Waals surface area contributed by atoms with Gasteiger partial charge in [0.25, 0.3) is 5.91 Å². The van der Waals surface area contributed by atoms with E-state index in [0.29, 0.717) is 12.1 Å². The van der Waals surface area contributed by atoms with E-state index in [0.717, 1.165) is 53.7 Å². The lowest BCUT2D eigenvalue weighted by atomic mass is 10.1. The number of aryl methyl sites for hydroxylation is 2. The third-order valence-electron chi connectivity index (χ3n) is 6.89. The Morgan fingerprint density at radius 2 is 2.06 bits per heavy atom. The highest BCUT2D eigenvalue weighted by molar-refractivity contribution is 7.11. The van der Waals surface area contributed by atoms with E-state index in [1.807, 2.05) is 36.4 Å². The summed E-state index contributed by atoms with van der Waals surface area (Å²) in [5.41, 5.74) is 11.7. The Morgan fingerprint density at radius 1 is 1.20 bits per heavy atom. The molecule has 7 nitrogen and oxygen atoms in total. The summed E-state index contributed by atoms with van der Waals surface area (Å²) in [6, 6.07) is 14.5. The maximum atomic E-state index is 13.2. The number of piperidine rings is 1. The number of para-hydroxylation sites is 1. The van der Waals surface area contributed by atoms with E-state index in [-0.39, 0.29) is 11.9 Å². The molecule has 2 N–H and O–H groups in total. The number of pyridine rings is 1. The molecule has 1 aromatic carbocycles. The van der Waals surface area contributed by atoms with Crippen LogP contribution < -0.4 is 5.73 Å². The molecule has 8 heteroatoms. The van der Waals surface area contributed by atoms with Crippen molar-refractivity contribution >= 4 is 33.8 Å². The van der Waals surface area contributed by atoms with Gasteiger partial charge in [-0.2, -0.15) is 0 Å². The summed E-state index contributed by atoms with van der Waals surface area (Å²) in [5, 5.41) is 2.24.